The van der Waals surface area contributed by atoms with Gasteiger partial charge < -0.3 is 0 Å². The zero-order chi connectivity index (χ0) is 11.4. The van der Waals surface area contributed by atoms with Gasteiger partial charge in [-0.25, -0.2) is 0 Å². The number of hydrogen-bond acceptors (Lipinski definition) is 3. The predicted molar refractivity (Wildman–Crippen MR) is 74.3 cm³/mol. The van der Waals surface area contributed by atoms with E-state index in [0.29, 0.717) is 11.0 Å². The molecule has 2 atom stereocenters. The molecule has 2 aliphatic rings. The van der Waals surface area contributed by atoms with Crippen LogP contribution >= 0.6 is 23.5 Å². The zero-order valence-corrected chi connectivity index (χ0v) is 11.5. The molecule has 2 unspecified atom stereocenters. The van der Waals surface area contributed by atoms with E-state index in [1.165, 1.54) is 18.6 Å². The fraction of sp³-hybridized carbons (Fsp3) is 0.769. The summed E-state index contributed by atoms with van der Waals surface area (Å²) in [5.41, 5.74) is 1.13. The molecule has 0 amide bonds. The van der Waals surface area contributed by atoms with Crippen LogP contribution in [0, 0.1) is 0 Å². The summed E-state index contributed by atoms with van der Waals surface area (Å²) in [7, 11) is 0. The van der Waals surface area contributed by atoms with Crippen molar-refractivity contribution in [3.8, 4) is 0 Å². The fourth-order valence-electron chi connectivity index (χ4n) is 2.39. The first-order chi connectivity index (χ1) is 7.83. The lowest BCUT2D eigenvalue weighted by atomic mass is 9.94. The molecule has 16 heavy (non-hydrogen) atoms. The summed E-state index contributed by atoms with van der Waals surface area (Å²) in [5.74, 6) is 2.81. The van der Waals surface area contributed by atoms with E-state index in [1.807, 2.05) is 23.5 Å². The SMILES string of the molecule is CCC1SCCSC1C(=O)C1=CCCCC1. The molecule has 90 valence electrons. The third-order valence-electron chi connectivity index (χ3n) is 3.32. The van der Waals surface area contributed by atoms with Crippen LogP contribution < -0.4 is 0 Å². The number of carbonyl (C=O) groups is 1. The summed E-state index contributed by atoms with van der Waals surface area (Å²) < 4.78 is 0. The molecule has 0 bridgehead atoms. The first-order valence-corrected chi connectivity index (χ1v) is 8.39. The van der Waals surface area contributed by atoms with Gasteiger partial charge in [0.1, 0.15) is 0 Å². The van der Waals surface area contributed by atoms with Crippen molar-refractivity contribution in [3.05, 3.63) is 11.6 Å². The summed E-state index contributed by atoms with van der Waals surface area (Å²) in [4.78, 5) is 12.4. The molecule has 0 N–H and O–H groups in total. The van der Waals surface area contributed by atoms with E-state index in [9.17, 15) is 4.79 Å². The van der Waals surface area contributed by atoms with Gasteiger partial charge in [0.2, 0.25) is 0 Å². The minimum absolute atomic E-state index is 0.244. The summed E-state index contributed by atoms with van der Waals surface area (Å²) in [6.45, 7) is 2.21. The van der Waals surface area contributed by atoms with E-state index in [1.54, 1.807) is 0 Å². The lowest BCUT2D eigenvalue weighted by Crippen LogP contribution is -2.34. The molecule has 0 saturated carbocycles. The maximum Gasteiger partial charge on any atom is 0.172 e. The highest BCUT2D eigenvalue weighted by Crippen LogP contribution is 2.36. The molecule has 0 aromatic heterocycles. The van der Waals surface area contributed by atoms with Crippen molar-refractivity contribution in [1.82, 2.24) is 0 Å². The molecule has 3 heteroatoms. The van der Waals surface area contributed by atoms with Crippen LogP contribution in [-0.2, 0) is 4.79 Å². The van der Waals surface area contributed by atoms with Crippen LogP contribution in [0.25, 0.3) is 0 Å². The number of thioether (sulfide) groups is 2. The lowest BCUT2D eigenvalue weighted by Gasteiger charge is -2.30. The van der Waals surface area contributed by atoms with Crippen molar-refractivity contribution >= 4 is 29.3 Å². The van der Waals surface area contributed by atoms with Gasteiger partial charge in [0.25, 0.3) is 0 Å². The maximum absolute atomic E-state index is 12.4. The third kappa shape index (κ3) is 2.86. The second-order valence-electron chi connectivity index (χ2n) is 4.45. The van der Waals surface area contributed by atoms with Gasteiger partial charge in [0.15, 0.2) is 5.78 Å². The van der Waals surface area contributed by atoms with E-state index in [-0.39, 0.29) is 5.25 Å². The highest BCUT2D eigenvalue weighted by Gasteiger charge is 2.32. The van der Waals surface area contributed by atoms with Gasteiger partial charge in [-0.15, -0.1) is 11.8 Å². The highest BCUT2D eigenvalue weighted by molar-refractivity contribution is 8.07. The Balaban J connectivity index is 2.04. The normalized spacial score (nSPS) is 30.9. The number of carbonyl (C=O) groups excluding carboxylic acids is 1. The molecule has 2 rings (SSSR count). The topological polar surface area (TPSA) is 17.1 Å². The molecule has 1 nitrogen and oxygen atoms in total. The Morgan fingerprint density at radius 2 is 2.19 bits per heavy atom. The van der Waals surface area contributed by atoms with Crippen molar-refractivity contribution in [1.29, 1.82) is 0 Å². The molecule has 0 spiro atoms. The van der Waals surface area contributed by atoms with Gasteiger partial charge in [0, 0.05) is 16.8 Å². The van der Waals surface area contributed by atoms with Crippen LogP contribution in [0.3, 0.4) is 0 Å². The standard InChI is InChI=1S/C13H20OS2/c1-2-11-13(16-9-8-15-11)12(14)10-6-4-3-5-7-10/h6,11,13H,2-5,7-9H2,1H3. The molecule has 1 fully saturated rings. The Morgan fingerprint density at radius 1 is 1.38 bits per heavy atom. The Labute approximate surface area is 107 Å². The monoisotopic (exact) mass is 256 g/mol. The molecule has 1 heterocycles. The molecule has 0 aromatic carbocycles. The molecule has 0 radical (unpaired) electrons. The third-order valence-corrected chi connectivity index (χ3v) is 6.56. The number of hydrogen-bond donors (Lipinski definition) is 0. The summed E-state index contributed by atoms with van der Waals surface area (Å²) in [5, 5.41) is 0.794. The Hall–Kier alpha value is 0.110. The van der Waals surface area contributed by atoms with Gasteiger partial charge >= 0.3 is 0 Å². The van der Waals surface area contributed by atoms with Crippen LogP contribution in [0.2, 0.25) is 0 Å². The Bertz CT molecular complexity index is 286. The van der Waals surface area contributed by atoms with E-state index >= 15 is 0 Å². The van der Waals surface area contributed by atoms with Gasteiger partial charge in [-0.3, -0.25) is 4.79 Å². The molecule has 0 aromatic rings. The van der Waals surface area contributed by atoms with Crippen LogP contribution in [0.15, 0.2) is 11.6 Å². The van der Waals surface area contributed by atoms with E-state index in [0.717, 1.165) is 30.6 Å². The first kappa shape index (κ1) is 12.6. The first-order valence-electron chi connectivity index (χ1n) is 6.29. The van der Waals surface area contributed by atoms with Crippen molar-refractivity contribution in [3.63, 3.8) is 0 Å². The summed E-state index contributed by atoms with van der Waals surface area (Å²) in [6.07, 6.45) is 7.93. The molecular formula is C13H20OS2. The zero-order valence-electron chi connectivity index (χ0n) is 9.91. The van der Waals surface area contributed by atoms with Crippen LogP contribution in [0.5, 0.6) is 0 Å². The number of rotatable bonds is 3. The maximum atomic E-state index is 12.4. The lowest BCUT2D eigenvalue weighted by molar-refractivity contribution is -0.115. The molecular weight excluding hydrogens is 236 g/mol. The van der Waals surface area contributed by atoms with Crippen molar-refractivity contribution < 1.29 is 4.79 Å². The number of allylic oxidation sites excluding steroid dienone is 2. The highest BCUT2D eigenvalue weighted by atomic mass is 32.2. The van der Waals surface area contributed by atoms with Crippen LogP contribution in [0.1, 0.15) is 39.0 Å². The van der Waals surface area contributed by atoms with Crippen molar-refractivity contribution in [2.45, 2.75) is 49.5 Å². The Kier molecular flexibility index (Phi) is 4.83. The number of Topliss-reactive ketones (excluding diaryl/α,β-unsaturated/α-hetero) is 1. The predicted octanol–water partition coefficient (Wildman–Crippen LogP) is 3.68. The largest absolute Gasteiger partial charge is 0.293 e. The Morgan fingerprint density at radius 3 is 2.88 bits per heavy atom. The average Bonchev–Trinajstić information content (AvgIpc) is 2.39. The minimum Gasteiger partial charge on any atom is -0.293 e. The van der Waals surface area contributed by atoms with E-state index in [2.05, 4.69) is 13.0 Å². The van der Waals surface area contributed by atoms with E-state index in [4.69, 9.17) is 0 Å². The van der Waals surface area contributed by atoms with Gasteiger partial charge in [-0.05, 0) is 37.7 Å². The van der Waals surface area contributed by atoms with Crippen molar-refractivity contribution in [2.24, 2.45) is 0 Å². The molecule has 1 saturated heterocycles. The summed E-state index contributed by atoms with van der Waals surface area (Å²) in [6, 6.07) is 0. The minimum atomic E-state index is 0.244. The molecule has 1 aliphatic carbocycles. The van der Waals surface area contributed by atoms with Crippen LogP contribution in [0.4, 0.5) is 0 Å². The average molecular weight is 256 g/mol. The second-order valence-corrected chi connectivity index (χ2v) is 7.04. The number of ketones is 1. The summed E-state index contributed by atoms with van der Waals surface area (Å²) >= 11 is 3.88. The second kappa shape index (κ2) is 6.15. The molecule has 1 aliphatic heterocycles. The van der Waals surface area contributed by atoms with Crippen molar-refractivity contribution in [2.75, 3.05) is 11.5 Å². The van der Waals surface area contributed by atoms with E-state index < -0.39 is 0 Å². The smallest absolute Gasteiger partial charge is 0.172 e. The van der Waals surface area contributed by atoms with Gasteiger partial charge in [-0.2, -0.15) is 11.8 Å². The fourth-order valence-corrected chi connectivity index (χ4v) is 5.43. The van der Waals surface area contributed by atoms with Gasteiger partial charge in [-0.1, -0.05) is 13.0 Å². The van der Waals surface area contributed by atoms with Gasteiger partial charge in [0.05, 0.1) is 5.25 Å². The van der Waals surface area contributed by atoms with Crippen LogP contribution in [-0.4, -0.2) is 27.8 Å². The quantitative estimate of drug-likeness (QED) is 0.766.